The largest absolute Gasteiger partial charge is 0.494 e. The number of amides is 2. The van der Waals surface area contributed by atoms with E-state index in [0.29, 0.717) is 37.8 Å². The summed E-state index contributed by atoms with van der Waals surface area (Å²) in [5, 5.41) is 5.15. The van der Waals surface area contributed by atoms with Gasteiger partial charge in [0.1, 0.15) is 11.8 Å². The second-order valence-corrected chi connectivity index (χ2v) is 10.3. The first-order valence-corrected chi connectivity index (χ1v) is 13.4. The number of carbonyl (C=O) groups is 2. The minimum atomic E-state index is -0.659. The second kappa shape index (κ2) is 11.2. The molecular weight excluding hydrogens is 458 g/mol. The average Bonchev–Trinajstić information content (AvgIpc) is 3.02. The molecule has 1 atom stereocenters. The van der Waals surface area contributed by atoms with Crippen LogP contribution in [0.1, 0.15) is 44.4 Å². The quantitative estimate of drug-likeness (QED) is 0.458. The number of aryl methyl sites for hydroxylation is 1. The Balaban J connectivity index is 1.68. The summed E-state index contributed by atoms with van der Waals surface area (Å²) in [5.41, 5.74) is 3.12. The highest BCUT2D eigenvalue weighted by Crippen LogP contribution is 2.41. The van der Waals surface area contributed by atoms with E-state index in [2.05, 4.69) is 35.9 Å². The summed E-state index contributed by atoms with van der Waals surface area (Å²) in [6, 6.07) is 15.5. The van der Waals surface area contributed by atoms with Gasteiger partial charge in [-0.3, -0.25) is 9.59 Å². The molecule has 4 rings (SSSR count). The Morgan fingerprint density at radius 1 is 1.17 bits per heavy atom. The molecule has 0 bridgehead atoms. The van der Waals surface area contributed by atoms with Crippen LogP contribution in [0.4, 0.5) is 0 Å². The Morgan fingerprint density at radius 3 is 2.63 bits per heavy atom. The van der Waals surface area contributed by atoms with Gasteiger partial charge in [-0.2, -0.15) is 0 Å². The van der Waals surface area contributed by atoms with Crippen LogP contribution < -0.4 is 10.1 Å². The van der Waals surface area contributed by atoms with Gasteiger partial charge in [-0.25, -0.2) is 0 Å². The third-order valence-electron chi connectivity index (χ3n) is 6.47. The van der Waals surface area contributed by atoms with E-state index >= 15 is 0 Å². The van der Waals surface area contributed by atoms with Gasteiger partial charge in [-0.1, -0.05) is 55.9 Å². The first kappa shape index (κ1) is 25.2. The lowest BCUT2D eigenvalue weighted by Crippen LogP contribution is -2.45. The standard InChI is InChI=1S/C28H35N3O3S/c1-5-34-21-12-10-20(11-13-21)15-17-31-24(32)18-35-28-25(22-8-6-7-9-23(22)30(28)4)26(31)27(33)29-16-14-19(2)3/h6-13,19,26H,5,14-18H2,1-4H3,(H,29,33). The molecule has 7 heteroatoms. The van der Waals surface area contributed by atoms with Crippen LogP contribution in [0.2, 0.25) is 0 Å². The van der Waals surface area contributed by atoms with E-state index in [4.69, 9.17) is 4.74 Å². The fourth-order valence-corrected chi connectivity index (χ4v) is 5.72. The lowest BCUT2D eigenvalue weighted by molar-refractivity contribution is -0.138. The molecule has 0 fully saturated rings. The topological polar surface area (TPSA) is 63.6 Å². The molecule has 2 amide bonds. The van der Waals surface area contributed by atoms with E-state index in [1.807, 2.05) is 50.4 Å². The maximum absolute atomic E-state index is 13.7. The molecule has 0 radical (unpaired) electrons. The summed E-state index contributed by atoms with van der Waals surface area (Å²) in [5.74, 6) is 1.53. The number of hydrogen-bond acceptors (Lipinski definition) is 4. The minimum Gasteiger partial charge on any atom is -0.494 e. The van der Waals surface area contributed by atoms with E-state index in [1.165, 1.54) is 11.8 Å². The van der Waals surface area contributed by atoms with Crippen LogP contribution in [0.3, 0.4) is 0 Å². The summed E-state index contributed by atoms with van der Waals surface area (Å²) >= 11 is 1.53. The SMILES string of the molecule is CCOc1ccc(CCN2C(=O)CSc3c(c4ccccc4n3C)C2C(=O)NCCC(C)C)cc1. The zero-order valence-corrected chi connectivity index (χ0v) is 21.9. The molecule has 1 aliphatic rings. The molecule has 1 aromatic heterocycles. The summed E-state index contributed by atoms with van der Waals surface area (Å²) in [4.78, 5) is 28.9. The lowest BCUT2D eigenvalue weighted by Gasteiger charge is -2.30. The van der Waals surface area contributed by atoms with Crippen molar-refractivity contribution in [3.05, 3.63) is 59.7 Å². The van der Waals surface area contributed by atoms with Crippen LogP contribution in [-0.2, 0) is 23.1 Å². The Bertz CT molecular complexity index is 1190. The van der Waals surface area contributed by atoms with Crippen LogP contribution in [0, 0.1) is 5.92 Å². The van der Waals surface area contributed by atoms with Gasteiger partial charge in [0.2, 0.25) is 11.8 Å². The Kier molecular flexibility index (Phi) is 8.06. The van der Waals surface area contributed by atoms with Crippen molar-refractivity contribution in [2.75, 3.05) is 25.4 Å². The fourth-order valence-electron chi connectivity index (χ4n) is 4.63. The number of fused-ring (bicyclic) bond motifs is 3. The molecule has 1 N–H and O–H groups in total. The first-order valence-electron chi connectivity index (χ1n) is 12.4. The highest BCUT2D eigenvalue weighted by molar-refractivity contribution is 8.00. The molecule has 0 aliphatic carbocycles. The lowest BCUT2D eigenvalue weighted by atomic mass is 10.0. The highest BCUT2D eigenvalue weighted by Gasteiger charge is 2.38. The third kappa shape index (κ3) is 5.50. The summed E-state index contributed by atoms with van der Waals surface area (Å²) in [6.45, 7) is 7.94. The van der Waals surface area contributed by atoms with Crippen molar-refractivity contribution in [2.24, 2.45) is 13.0 Å². The van der Waals surface area contributed by atoms with Crippen molar-refractivity contribution in [3.63, 3.8) is 0 Å². The van der Waals surface area contributed by atoms with Crippen LogP contribution in [0.25, 0.3) is 10.9 Å². The number of ether oxygens (including phenoxy) is 1. The van der Waals surface area contributed by atoms with Crippen molar-refractivity contribution >= 4 is 34.5 Å². The summed E-state index contributed by atoms with van der Waals surface area (Å²) in [7, 11) is 2.02. The van der Waals surface area contributed by atoms with Crippen LogP contribution in [0.5, 0.6) is 5.75 Å². The smallest absolute Gasteiger partial charge is 0.247 e. The zero-order valence-electron chi connectivity index (χ0n) is 21.0. The third-order valence-corrected chi connectivity index (χ3v) is 7.63. The molecule has 6 nitrogen and oxygen atoms in total. The molecule has 35 heavy (non-hydrogen) atoms. The van der Waals surface area contributed by atoms with Crippen molar-refractivity contribution in [3.8, 4) is 5.75 Å². The Morgan fingerprint density at radius 2 is 1.91 bits per heavy atom. The predicted octanol–water partition coefficient (Wildman–Crippen LogP) is 4.96. The fraction of sp³-hybridized carbons (Fsp3) is 0.429. The summed E-state index contributed by atoms with van der Waals surface area (Å²) < 4.78 is 7.67. The van der Waals surface area contributed by atoms with Crippen molar-refractivity contribution in [1.29, 1.82) is 0 Å². The van der Waals surface area contributed by atoms with Crippen molar-refractivity contribution in [2.45, 2.75) is 44.7 Å². The van der Waals surface area contributed by atoms with E-state index < -0.39 is 6.04 Å². The molecule has 2 heterocycles. The number of rotatable bonds is 9. The first-order chi connectivity index (χ1) is 16.9. The van der Waals surface area contributed by atoms with Crippen LogP contribution in [-0.4, -0.2) is 46.7 Å². The number of nitrogens with one attached hydrogen (secondary N) is 1. The second-order valence-electron chi connectivity index (χ2n) is 9.37. The average molecular weight is 494 g/mol. The molecule has 1 aliphatic heterocycles. The Labute approximate surface area is 212 Å². The highest BCUT2D eigenvalue weighted by atomic mass is 32.2. The molecule has 2 aromatic carbocycles. The van der Waals surface area contributed by atoms with E-state index in [1.54, 1.807) is 4.90 Å². The number of carbonyl (C=O) groups excluding carboxylic acids is 2. The van der Waals surface area contributed by atoms with E-state index in [9.17, 15) is 9.59 Å². The zero-order chi connectivity index (χ0) is 24.9. The molecule has 1 unspecified atom stereocenters. The van der Waals surface area contributed by atoms with Gasteiger partial charge in [0.25, 0.3) is 0 Å². The van der Waals surface area contributed by atoms with Gasteiger partial charge in [0.15, 0.2) is 0 Å². The number of para-hydroxylation sites is 1. The van der Waals surface area contributed by atoms with Gasteiger partial charge in [-0.15, -0.1) is 0 Å². The number of thioether (sulfide) groups is 1. The molecule has 3 aromatic rings. The van der Waals surface area contributed by atoms with E-state index in [0.717, 1.165) is 39.2 Å². The van der Waals surface area contributed by atoms with Gasteiger partial charge >= 0.3 is 0 Å². The predicted molar refractivity (Wildman–Crippen MR) is 142 cm³/mol. The summed E-state index contributed by atoms with van der Waals surface area (Å²) in [6.07, 6.45) is 1.56. The van der Waals surface area contributed by atoms with Crippen LogP contribution >= 0.6 is 11.8 Å². The monoisotopic (exact) mass is 493 g/mol. The van der Waals surface area contributed by atoms with Crippen molar-refractivity contribution < 1.29 is 14.3 Å². The molecular formula is C28H35N3O3S. The normalized spacial score (nSPS) is 15.9. The van der Waals surface area contributed by atoms with E-state index in [-0.39, 0.29) is 11.8 Å². The van der Waals surface area contributed by atoms with Crippen molar-refractivity contribution in [1.82, 2.24) is 14.8 Å². The molecule has 0 saturated heterocycles. The van der Waals surface area contributed by atoms with Gasteiger partial charge in [0, 0.05) is 36.6 Å². The molecule has 0 saturated carbocycles. The number of hydrogen-bond donors (Lipinski definition) is 1. The van der Waals surface area contributed by atoms with Gasteiger partial charge in [-0.05, 0) is 49.4 Å². The number of nitrogens with zero attached hydrogens (tertiary/aromatic N) is 2. The van der Waals surface area contributed by atoms with Crippen LogP contribution in [0.15, 0.2) is 53.6 Å². The van der Waals surface area contributed by atoms with Gasteiger partial charge < -0.3 is 19.5 Å². The maximum Gasteiger partial charge on any atom is 0.247 e. The number of benzene rings is 2. The minimum absolute atomic E-state index is 0.00905. The molecule has 186 valence electrons. The Hall–Kier alpha value is -2.93. The number of aromatic nitrogens is 1. The maximum atomic E-state index is 13.7. The molecule has 0 spiro atoms. The van der Waals surface area contributed by atoms with Gasteiger partial charge in [0.05, 0.1) is 17.4 Å².